The molecule has 1 atom stereocenters. The van der Waals surface area contributed by atoms with E-state index in [1.54, 1.807) is 4.90 Å². The minimum absolute atomic E-state index is 0.0215. The van der Waals surface area contributed by atoms with Crippen LogP contribution >= 0.6 is 27.7 Å². The summed E-state index contributed by atoms with van der Waals surface area (Å²) < 4.78 is 1.02. The molecule has 0 bridgehead atoms. The molecule has 6 heteroatoms. The Labute approximate surface area is 137 Å². The Bertz CT molecular complexity index is 550. The van der Waals surface area contributed by atoms with Crippen LogP contribution in [-0.2, 0) is 9.59 Å². The van der Waals surface area contributed by atoms with Crippen LogP contribution in [0, 0.1) is 12.8 Å². The Morgan fingerprint density at radius 1 is 1.48 bits per heavy atom. The third-order valence-electron chi connectivity index (χ3n) is 3.61. The average molecular weight is 372 g/mol. The Kier molecular flexibility index (Phi) is 5.70. The number of aliphatic carboxylic acids is 1. The van der Waals surface area contributed by atoms with Gasteiger partial charge in [0.25, 0.3) is 0 Å². The van der Waals surface area contributed by atoms with Crippen molar-refractivity contribution in [2.75, 3.05) is 18.8 Å². The molecule has 1 amide bonds. The zero-order valence-electron chi connectivity index (χ0n) is 11.8. The van der Waals surface area contributed by atoms with Crippen LogP contribution in [0.5, 0.6) is 0 Å². The van der Waals surface area contributed by atoms with E-state index in [0.717, 1.165) is 21.4 Å². The van der Waals surface area contributed by atoms with Gasteiger partial charge >= 0.3 is 5.97 Å². The number of aryl methyl sites for hydroxylation is 1. The third kappa shape index (κ3) is 4.48. The maximum Gasteiger partial charge on any atom is 0.308 e. The number of piperidine rings is 1. The summed E-state index contributed by atoms with van der Waals surface area (Å²) in [5.74, 6) is -0.839. The van der Waals surface area contributed by atoms with Gasteiger partial charge in [-0.25, -0.2) is 0 Å². The van der Waals surface area contributed by atoms with Crippen molar-refractivity contribution < 1.29 is 14.7 Å². The maximum absolute atomic E-state index is 12.2. The number of rotatable bonds is 4. The number of thioether (sulfide) groups is 1. The number of likely N-dealkylation sites (tertiary alicyclic amines) is 1. The van der Waals surface area contributed by atoms with Crippen LogP contribution in [0.25, 0.3) is 0 Å². The summed E-state index contributed by atoms with van der Waals surface area (Å²) in [5.41, 5.74) is 1.13. The lowest BCUT2D eigenvalue weighted by molar-refractivity contribution is -0.145. The van der Waals surface area contributed by atoms with Crippen molar-refractivity contribution in [2.45, 2.75) is 24.7 Å². The van der Waals surface area contributed by atoms with E-state index in [1.807, 2.05) is 25.1 Å². The molecule has 1 aliphatic heterocycles. The SMILES string of the molecule is Cc1cc(Br)ccc1SCC(=O)N1CCC[C@@H](C(=O)O)C1. The monoisotopic (exact) mass is 371 g/mol. The minimum Gasteiger partial charge on any atom is -0.481 e. The van der Waals surface area contributed by atoms with Crippen LogP contribution in [0.3, 0.4) is 0 Å². The van der Waals surface area contributed by atoms with Crippen LogP contribution in [-0.4, -0.2) is 40.7 Å². The smallest absolute Gasteiger partial charge is 0.308 e. The van der Waals surface area contributed by atoms with Gasteiger partial charge in [0.2, 0.25) is 5.91 Å². The second kappa shape index (κ2) is 7.31. The quantitative estimate of drug-likeness (QED) is 0.825. The van der Waals surface area contributed by atoms with Gasteiger partial charge in [-0.15, -0.1) is 11.8 Å². The van der Waals surface area contributed by atoms with E-state index in [4.69, 9.17) is 5.11 Å². The van der Waals surface area contributed by atoms with Gasteiger partial charge in [-0.1, -0.05) is 15.9 Å². The van der Waals surface area contributed by atoms with Crippen molar-refractivity contribution in [3.63, 3.8) is 0 Å². The van der Waals surface area contributed by atoms with Crippen molar-refractivity contribution in [3.05, 3.63) is 28.2 Å². The van der Waals surface area contributed by atoms with Gasteiger partial charge in [-0.2, -0.15) is 0 Å². The molecule has 1 N–H and O–H groups in total. The second-order valence-electron chi connectivity index (χ2n) is 5.22. The molecule has 1 saturated heterocycles. The van der Waals surface area contributed by atoms with Gasteiger partial charge in [0.15, 0.2) is 0 Å². The molecule has 1 fully saturated rings. The fourth-order valence-corrected chi connectivity index (χ4v) is 3.80. The standard InChI is InChI=1S/C15H18BrNO3S/c1-10-7-12(16)4-5-13(10)21-9-14(18)17-6-2-3-11(8-17)15(19)20/h4-5,7,11H,2-3,6,8-9H2,1H3,(H,19,20)/t11-/m1/s1. The number of carboxylic acids is 1. The molecule has 114 valence electrons. The van der Waals surface area contributed by atoms with Crippen LogP contribution in [0.1, 0.15) is 18.4 Å². The van der Waals surface area contributed by atoms with Gasteiger partial charge in [0, 0.05) is 22.5 Å². The highest BCUT2D eigenvalue weighted by atomic mass is 79.9. The summed E-state index contributed by atoms with van der Waals surface area (Å²) in [7, 11) is 0. The van der Waals surface area contributed by atoms with Crippen LogP contribution in [0.4, 0.5) is 0 Å². The maximum atomic E-state index is 12.2. The number of benzene rings is 1. The number of carboxylic acid groups (broad SMARTS) is 1. The Balaban J connectivity index is 1.90. The Morgan fingerprint density at radius 3 is 2.90 bits per heavy atom. The first-order valence-electron chi connectivity index (χ1n) is 6.87. The van der Waals surface area contributed by atoms with Crippen molar-refractivity contribution in [1.82, 2.24) is 4.90 Å². The van der Waals surface area contributed by atoms with E-state index < -0.39 is 11.9 Å². The Hall–Kier alpha value is -1.01. The van der Waals surface area contributed by atoms with Gasteiger partial charge in [-0.3, -0.25) is 9.59 Å². The van der Waals surface area contributed by atoms with Crippen LogP contribution < -0.4 is 0 Å². The predicted molar refractivity (Wildman–Crippen MR) is 86.5 cm³/mol. The number of carbonyl (C=O) groups is 2. The lowest BCUT2D eigenvalue weighted by Crippen LogP contribution is -2.43. The highest BCUT2D eigenvalue weighted by Crippen LogP contribution is 2.26. The van der Waals surface area contributed by atoms with Crippen LogP contribution in [0.15, 0.2) is 27.6 Å². The first kappa shape index (κ1) is 16.4. The number of hydrogen-bond donors (Lipinski definition) is 1. The average Bonchev–Trinajstić information content (AvgIpc) is 2.46. The fourth-order valence-electron chi connectivity index (χ4n) is 2.41. The van der Waals surface area contributed by atoms with Gasteiger partial charge in [0.1, 0.15) is 0 Å². The zero-order chi connectivity index (χ0) is 15.4. The van der Waals surface area contributed by atoms with E-state index >= 15 is 0 Å². The first-order valence-corrected chi connectivity index (χ1v) is 8.65. The number of amides is 1. The topological polar surface area (TPSA) is 57.6 Å². The van der Waals surface area contributed by atoms with Gasteiger partial charge in [0.05, 0.1) is 11.7 Å². The van der Waals surface area contributed by atoms with Gasteiger partial charge in [-0.05, 0) is 43.5 Å². The summed E-state index contributed by atoms with van der Waals surface area (Å²) in [6.07, 6.45) is 1.43. The van der Waals surface area contributed by atoms with E-state index in [2.05, 4.69) is 15.9 Å². The summed E-state index contributed by atoms with van der Waals surface area (Å²) in [5, 5.41) is 9.06. The molecular formula is C15H18BrNO3S. The summed E-state index contributed by atoms with van der Waals surface area (Å²) in [6, 6.07) is 5.98. The fraction of sp³-hybridized carbons (Fsp3) is 0.467. The predicted octanol–water partition coefficient (Wildman–Crippen LogP) is 3.17. The normalized spacial score (nSPS) is 18.6. The zero-order valence-corrected chi connectivity index (χ0v) is 14.2. The summed E-state index contributed by atoms with van der Waals surface area (Å²) >= 11 is 4.93. The molecule has 1 aliphatic rings. The molecule has 0 unspecified atom stereocenters. The lowest BCUT2D eigenvalue weighted by atomic mass is 9.98. The van der Waals surface area contributed by atoms with Crippen molar-refractivity contribution in [3.8, 4) is 0 Å². The third-order valence-corrected chi connectivity index (χ3v) is 5.27. The molecule has 1 heterocycles. The molecule has 2 rings (SSSR count). The molecular weight excluding hydrogens is 354 g/mol. The number of nitrogens with zero attached hydrogens (tertiary/aromatic N) is 1. The molecule has 21 heavy (non-hydrogen) atoms. The number of hydrogen-bond acceptors (Lipinski definition) is 3. The molecule has 0 aromatic heterocycles. The number of carbonyl (C=O) groups excluding carboxylic acids is 1. The van der Waals surface area contributed by atoms with Crippen molar-refractivity contribution in [1.29, 1.82) is 0 Å². The summed E-state index contributed by atoms with van der Waals surface area (Å²) in [4.78, 5) is 26.0. The molecule has 0 aliphatic carbocycles. The highest BCUT2D eigenvalue weighted by molar-refractivity contribution is 9.10. The second-order valence-corrected chi connectivity index (χ2v) is 7.15. The van der Waals surface area contributed by atoms with Crippen LogP contribution in [0.2, 0.25) is 0 Å². The van der Waals surface area contributed by atoms with E-state index in [-0.39, 0.29) is 5.91 Å². The largest absolute Gasteiger partial charge is 0.481 e. The molecule has 1 aromatic carbocycles. The molecule has 0 saturated carbocycles. The molecule has 4 nitrogen and oxygen atoms in total. The number of halogens is 1. The lowest BCUT2D eigenvalue weighted by Gasteiger charge is -2.30. The minimum atomic E-state index is -0.802. The van der Waals surface area contributed by atoms with Gasteiger partial charge < -0.3 is 10.0 Å². The highest BCUT2D eigenvalue weighted by Gasteiger charge is 2.27. The molecule has 0 spiro atoms. The molecule has 0 radical (unpaired) electrons. The van der Waals surface area contributed by atoms with Crippen molar-refractivity contribution in [2.24, 2.45) is 5.92 Å². The Morgan fingerprint density at radius 2 is 2.24 bits per heavy atom. The van der Waals surface area contributed by atoms with Crippen molar-refractivity contribution >= 4 is 39.6 Å². The summed E-state index contributed by atoms with van der Waals surface area (Å²) in [6.45, 7) is 3.02. The van der Waals surface area contributed by atoms with E-state index in [9.17, 15) is 9.59 Å². The van der Waals surface area contributed by atoms with E-state index in [0.29, 0.717) is 25.3 Å². The first-order chi connectivity index (χ1) is 9.97. The molecule has 1 aromatic rings. The van der Waals surface area contributed by atoms with E-state index in [1.165, 1.54) is 11.8 Å².